The number of methoxy groups -OCH3 is 2. The second kappa shape index (κ2) is 9.19. The first-order valence-corrected chi connectivity index (χ1v) is 10.2. The van der Waals surface area contributed by atoms with E-state index in [1.54, 1.807) is 36.4 Å². The van der Waals surface area contributed by atoms with Gasteiger partial charge in [0.05, 0.1) is 31.4 Å². The van der Waals surface area contributed by atoms with E-state index < -0.39 is 35.3 Å². The Morgan fingerprint density at radius 1 is 0.941 bits per heavy atom. The number of aliphatic hydroxyl groups excluding tert-OH is 1. The minimum absolute atomic E-state index is 0.173. The van der Waals surface area contributed by atoms with Crippen LogP contribution >= 0.6 is 0 Å². The first-order chi connectivity index (χ1) is 16.3. The van der Waals surface area contributed by atoms with Crippen LogP contribution in [0.3, 0.4) is 0 Å². The Labute approximate surface area is 194 Å². The summed E-state index contributed by atoms with van der Waals surface area (Å²) >= 11 is 0. The van der Waals surface area contributed by atoms with Crippen molar-refractivity contribution >= 4 is 29.1 Å². The molecule has 4 rings (SSSR count). The van der Waals surface area contributed by atoms with Gasteiger partial charge >= 0.3 is 5.97 Å². The molecule has 1 N–H and O–H groups in total. The van der Waals surface area contributed by atoms with Crippen molar-refractivity contribution in [3.63, 3.8) is 0 Å². The van der Waals surface area contributed by atoms with Gasteiger partial charge in [0.25, 0.3) is 11.7 Å². The Morgan fingerprint density at radius 2 is 1.65 bits per heavy atom. The molecule has 1 saturated heterocycles. The van der Waals surface area contributed by atoms with Crippen molar-refractivity contribution in [3.05, 3.63) is 101 Å². The SMILES string of the molecule is COC(=O)c1cccc(N2C(=O)C(=O)/C(=C(/O)c3ccc(F)cc3)C2c2cccc(OC)c2)c1. The Kier molecular flexibility index (Phi) is 6.14. The molecule has 1 aliphatic rings. The van der Waals surface area contributed by atoms with Gasteiger partial charge in [-0.05, 0) is 60.2 Å². The average Bonchev–Trinajstić information content (AvgIpc) is 3.14. The molecule has 172 valence electrons. The third-order valence-corrected chi connectivity index (χ3v) is 5.52. The van der Waals surface area contributed by atoms with E-state index in [1.807, 2.05) is 0 Å². The van der Waals surface area contributed by atoms with Crippen molar-refractivity contribution in [2.24, 2.45) is 0 Å². The monoisotopic (exact) mass is 461 g/mol. The zero-order chi connectivity index (χ0) is 24.4. The van der Waals surface area contributed by atoms with Gasteiger partial charge in [-0.25, -0.2) is 9.18 Å². The van der Waals surface area contributed by atoms with Crippen LogP contribution in [0.2, 0.25) is 0 Å². The smallest absolute Gasteiger partial charge is 0.337 e. The van der Waals surface area contributed by atoms with Crippen LogP contribution in [0.4, 0.5) is 10.1 Å². The molecule has 1 aliphatic heterocycles. The lowest BCUT2D eigenvalue weighted by Gasteiger charge is -2.26. The van der Waals surface area contributed by atoms with Gasteiger partial charge in [0.15, 0.2) is 0 Å². The zero-order valence-electron chi connectivity index (χ0n) is 18.3. The van der Waals surface area contributed by atoms with Crippen LogP contribution in [0.25, 0.3) is 5.76 Å². The molecular weight excluding hydrogens is 441 g/mol. The number of Topliss-reactive ketones (excluding diaryl/α,β-unsaturated/α-hetero) is 1. The normalized spacial score (nSPS) is 17.0. The number of hydrogen-bond donors (Lipinski definition) is 1. The molecule has 1 unspecified atom stereocenters. The van der Waals surface area contributed by atoms with Gasteiger partial charge in [0, 0.05) is 11.3 Å². The minimum Gasteiger partial charge on any atom is -0.507 e. The number of halogens is 1. The van der Waals surface area contributed by atoms with Crippen LogP contribution in [-0.2, 0) is 14.3 Å². The van der Waals surface area contributed by atoms with Crippen molar-refractivity contribution in [3.8, 4) is 5.75 Å². The number of ketones is 1. The molecule has 1 atom stereocenters. The Balaban J connectivity index is 1.95. The summed E-state index contributed by atoms with van der Waals surface area (Å²) in [5, 5.41) is 11.1. The number of carbonyl (C=O) groups excluding carboxylic acids is 3. The number of amides is 1. The van der Waals surface area contributed by atoms with Crippen LogP contribution < -0.4 is 9.64 Å². The predicted molar refractivity (Wildman–Crippen MR) is 122 cm³/mol. The van der Waals surface area contributed by atoms with Crippen LogP contribution in [0, 0.1) is 5.82 Å². The molecule has 0 aromatic heterocycles. The highest BCUT2D eigenvalue weighted by Crippen LogP contribution is 2.43. The first kappa shape index (κ1) is 22.7. The molecule has 7 nitrogen and oxygen atoms in total. The lowest BCUT2D eigenvalue weighted by molar-refractivity contribution is -0.132. The molecule has 0 radical (unpaired) electrons. The fourth-order valence-corrected chi connectivity index (χ4v) is 3.89. The minimum atomic E-state index is -1.03. The van der Waals surface area contributed by atoms with Crippen LogP contribution in [0.15, 0.2) is 78.4 Å². The summed E-state index contributed by atoms with van der Waals surface area (Å²) in [6.45, 7) is 0. The summed E-state index contributed by atoms with van der Waals surface area (Å²) in [5.41, 5.74) is 0.940. The summed E-state index contributed by atoms with van der Waals surface area (Å²) < 4.78 is 23.5. The fourth-order valence-electron chi connectivity index (χ4n) is 3.89. The third-order valence-electron chi connectivity index (χ3n) is 5.52. The molecule has 1 heterocycles. The summed E-state index contributed by atoms with van der Waals surface area (Å²) in [4.78, 5) is 39.7. The third kappa shape index (κ3) is 4.01. The topological polar surface area (TPSA) is 93.1 Å². The second-order valence-electron chi connectivity index (χ2n) is 7.49. The molecule has 0 bridgehead atoms. The standard InChI is InChI=1S/C26H20FNO6/c1-33-20-8-4-5-16(14-20)22-21(23(29)15-9-11-18(27)12-10-15)24(30)25(31)28(22)19-7-3-6-17(13-19)26(32)34-2/h3-14,22,29H,1-2H3/b23-21+. The van der Waals surface area contributed by atoms with E-state index in [2.05, 4.69) is 0 Å². The largest absolute Gasteiger partial charge is 0.507 e. The van der Waals surface area contributed by atoms with Crippen molar-refractivity contribution in [2.75, 3.05) is 19.1 Å². The summed E-state index contributed by atoms with van der Waals surface area (Å²) in [6, 6.07) is 16.7. The molecule has 1 amide bonds. The Bertz CT molecular complexity index is 1310. The number of ether oxygens (including phenoxy) is 2. The summed E-state index contributed by atoms with van der Waals surface area (Å²) in [6.07, 6.45) is 0. The second-order valence-corrected chi connectivity index (χ2v) is 7.49. The van der Waals surface area contributed by atoms with E-state index in [4.69, 9.17) is 9.47 Å². The van der Waals surface area contributed by atoms with Crippen LogP contribution in [0.1, 0.15) is 27.5 Å². The lowest BCUT2D eigenvalue weighted by atomic mass is 9.95. The van der Waals surface area contributed by atoms with Crippen molar-refractivity contribution in [1.29, 1.82) is 0 Å². The van der Waals surface area contributed by atoms with E-state index in [0.717, 1.165) is 12.1 Å². The number of carbonyl (C=O) groups is 3. The van der Waals surface area contributed by atoms with Crippen LogP contribution in [-0.4, -0.2) is 37.0 Å². The van der Waals surface area contributed by atoms with Gasteiger partial charge < -0.3 is 14.6 Å². The van der Waals surface area contributed by atoms with E-state index in [0.29, 0.717) is 11.3 Å². The molecule has 3 aromatic rings. The highest BCUT2D eigenvalue weighted by Gasteiger charge is 2.47. The van der Waals surface area contributed by atoms with E-state index in [-0.39, 0.29) is 22.4 Å². The number of aliphatic hydroxyl groups is 1. The first-order valence-electron chi connectivity index (χ1n) is 10.2. The Hall–Kier alpha value is -4.46. The molecular formula is C26H20FNO6. The van der Waals surface area contributed by atoms with E-state index in [9.17, 15) is 23.9 Å². The van der Waals surface area contributed by atoms with Gasteiger partial charge in [-0.1, -0.05) is 18.2 Å². The number of esters is 1. The van der Waals surface area contributed by atoms with Gasteiger partial charge in [-0.3, -0.25) is 14.5 Å². The average molecular weight is 461 g/mol. The molecule has 0 saturated carbocycles. The summed E-state index contributed by atoms with van der Waals surface area (Å²) in [5.74, 6) is -2.90. The van der Waals surface area contributed by atoms with Gasteiger partial charge in [0.1, 0.15) is 17.3 Å². The molecule has 1 fully saturated rings. The maximum absolute atomic E-state index is 13.4. The molecule has 34 heavy (non-hydrogen) atoms. The number of benzene rings is 3. The van der Waals surface area contributed by atoms with E-state index >= 15 is 0 Å². The Morgan fingerprint density at radius 3 is 2.32 bits per heavy atom. The highest BCUT2D eigenvalue weighted by molar-refractivity contribution is 6.51. The van der Waals surface area contributed by atoms with Crippen molar-refractivity contribution < 1.29 is 33.4 Å². The molecule has 8 heteroatoms. The van der Waals surface area contributed by atoms with Crippen molar-refractivity contribution in [1.82, 2.24) is 0 Å². The number of rotatable bonds is 5. The zero-order valence-corrected chi connectivity index (χ0v) is 18.3. The predicted octanol–water partition coefficient (Wildman–Crippen LogP) is 4.25. The molecule has 0 aliphatic carbocycles. The number of hydrogen-bond acceptors (Lipinski definition) is 6. The van der Waals surface area contributed by atoms with Gasteiger partial charge in [-0.15, -0.1) is 0 Å². The van der Waals surface area contributed by atoms with Crippen molar-refractivity contribution in [2.45, 2.75) is 6.04 Å². The van der Waals surface area contributed by atoms with Gasteiger partial charge in [-0.2, -0.15) is 0 Å². The number of anilines is 1. The quantitative estimate of drug-likeness (QED) is 0.264. The molecule has 0 spiro atoms. The van der Waals surface area contributed by atoms with E-state index in [1.165, 1.54) is 43.4 Å². The maximum atomic E-state index is 13.4. The highest BCUT2D eigenvalue weighted by atomic mass is 19.1. The van der Waals surface area contributed by atoms with Gasteiger partial charge in [0.2, 0.25) is 0 Å². The molecule has 3 aromatic carbocycles. The van der Waals surface area contributed by atoms with Crippen LogP contribution in [0.5, 0.6) is 5.75 Å². The lowest BCUT2D eigenvalue weighted by Crippen LogP contribution is -2.29. The number of nitrogens with zero attached hydrogens (tertiary/aromatic N) is 1. The maximum Gasteiger partial charge on any atom is 0.337 e. The fraction of sp³-hybridized carbons (Fsp3) is 0.115. The summed E-state index contributed by atoms with van der Waals surface area (Å²) in [7, 11) is 2.72.